The Labute approximate surface area is 74.2 Å². The number of methoxy groups -OCH3 is 1. The Morgan fingerprint density at radius 1 is 1.42 bits per heavy atom. The van der Waals surface area contributed by atoms with Gasteiger partial charge in [-0.15, -0.1) is 0 Å². The first-order valence-corrected chi connectivity index (χ1v) is 7.60. The largest absolute Gasteiger partial charge is 0.469 e. The molecule has 1 rings (SSSR count). The number of ether oxygens (including phenoxy) is 1. The van der Waals surface area contributed by atoms with E-state index >= 15 is 0 Å². The maximum absolute atomic E-state index is 11.0. The van der Waals surface area contributed by atoms with Crippen LogP contribution in [-0.4, -0.2) is 27.5 Å². The number of rotatable bonds is 3. The molecule has 0 aliphatic heterocycles. The minimum atomic E-state index is -1.47. The van der Waals surface area contributed by atoms with Crippen molar-refractivity contribution < 1.29 is 14.0 Å². The van der Waals surface area contributed by atoms with E-state index in [4.69, 9.17) is 4.43 Å². The van der Waals surface area contributed by atoms with Gasteiger partial charge in [-0.2, -0.15) is 0 Å². The van der Waals surface area contributed by atoms with Crippen LogP contribution in [0.3, 0.4) is 0 Å². The topological polar surface area (TPSA) is 35.5 Å². The van der Waals surface area contributed by atoms with Crippen LogP contribution in [0.25, 0.3) is 0 Å². The van der Waals surface area contributed by atoms with Crippen molar-refractivity contribution in [1.82, 2.24) is 0 Å². The Balaban J connectivity index is 2.29. The van der Waals surface area contributed by atoms with Crippen LogP contribution in [0, 0.1) is 5.92 Å². The quantitative estimate of drug-likeness (QED) is 0.496. The third kappa shape index (κ3) is 2.60. The second kappa shape index (κ2) is 3.18. The van der Waals surface area contributed by atoms with E-state index in [2.05, 4.69) is 24.4 Å². The van der Waals surface area contributed by atoms with Gasteiger partial charge in [0.05, 0.1) is 19.1 Å². The van der Waals surface area contributed by atoms with Crippen molar-refractivity contribution >= 4 is 14.3 Å². The van der Waals surface area contributed by atoms with Gasteiger partial charge >= 0.3 is 5.97 Å². The number of hydrogen-bond donors (Lipinski definition) is 0. The molecule has 0 heterocycles. The molecule has 12 heavy (non-hydrogen) atoms. The van der Waals surface area contributed by atoms with Crippen molar-refractivity contribution in [1.29, 1.82) is 0 Å². The zero-order valence-corrected chi connectivity index (χ0v) is 9.09. The summed E-state index contributed by atoms with van der Waals surface area (Å²) in [6.07, 6.45) is 0.987. The molecule has 0 radical (unpaired) electrons. The summed E-state index contributed by atoms with van der Waals surface area (Å²) in [6, 6.07) is 0. The number of carbonyl (C=O) groups excluding carboxylic acids is 1. The molecule has 70 valence electrons. The molecule has 0 bridgehead atoms. The molecule has 1 aliphatic carbocycles. The van der Waals surface area contributed by atoms with E-state index in [1.165, 1.54) is 7.11 Å². The van der Waals surface area contributed by atoms with Crippen LogP contribution >= 0.6 is 0 Å². The van der Waals surface area contributed by atoms with Gasteiger partial charge in [-0.1, -0.05) is 0 Å². The molecule has 1 aliphatic rings. The summed E-state index contributed by atoms with van der Waals surface area (Å²) in [6.45, 7) is 6.37. The van der Waals surface area contributed by atoms with Gasteiger partial charge in [-0.3, -0.25) is 4.79 Å². The fourth-order valence-corrected chi connectivity index (χ4v) is 2.32. The van der Waals surface area contributed by atoms with Crippen molar-refractivity contribution in [2.45, 2.75) is 32.2 Å². The van der Waals surface area contributed by atoms with Gasteiger partial charge in [0.15, 0.2) is 8.32 Å². The highest BCUT2D eigenvalue weighted by atomic mass is 28.4. The second-order valence-corrected chi connectivity index (χ2v) is 8.59. The molecule has 0 aromatic rings. The SMILES string of the molecule is COC(=O)C1CC1O[Si](C)(C)C. The normalized spacial score (nSPS) is 28.3. The maximum atomic E-state index is 11.0. The van der Waals surface area contributed by atoms with Gasteiger partial charge in [-0.25, -0.2) is 0 Å². The summed E-state index contributed by atoms with van der Waals surface area (Å²) >= 11 is 0. The van der Waals surface area contributed by atoms with Gasteiger partial charge in [0.1, 0.15) is 0 Å². The Morgan fingerprint density at radius 3 is 2.42 bits per heavy atom. The number of carbonyl (C=O) groups is 1. The molecular formula is C8H16O3Si. The highest BCUT2D eigenvalue weighted by Gasteiger charge is 2.46. The van der Waals surface area contributed by atoms with E-state index in [1.54, 1.807) is 0 Å². The molecule has 2 unspecified atom stereocenters. The van der Waals surface area contributed by atoms with Crippen LogP contribution in [-0.2, 0) is 14.0 Å². The molecule has 0 saturated heterocycles. The molecule has 1 fully saturated rings. The Hall–Kier alpha value is -0.353. The van der Waals surface area contributed by atoms with Gasteiger partial charge in [0.25, 0.3) is 0 Å². The lowest BCUT2D eigenvalue weighted by Gasteiger charge is -2.16. The van der Waals surface area contributed by atoms with Gasteiger partial charge < -0.3 is 9.16 Å². The van der Waals surface area contributed by atoms with Crippen LogP contribution in [0.5, 0.6) is 0 Å². The van der Waals surface area contributed by atoms with Crippen LogP contribution < -0.4 is 0 Å². The third-order valence-electron chi connectivity index (χ3n) is 1.74. The molecule has 0 spiro atoms. The Bertz CT molecular complexity index is 185. The van der Waals surface area contributed by atoms with Crippen molar-refractivity contribution in [2.75, 3.05) is 7.11 Å². The highest BCUT2D eigenvalue weighted by molar-refractivity contribution is 6.69. The zero-order chi connectivity index (χ0) is 9.35. The Kier molecular flexibility index (Phi) is 2.58. The summed E-state index contributed by atoms with van der Waals surface area (Å²) in [5.41, 5.74) is 0. The average molecular weight is 188 g/mol. The predicted molar refractivity (Wildman–Crippen MR) is 48.3 cm³/mol. The summed E-state index contributed by atoms with van der Waals surface area (Å²) in [4.78, 5) is 11.0. The van der Waals surface area contributed by atoms with E-state index in [0.717, 1.165) is 6.42 Å². The lowest BCUT2D eigenvalue weighted by molar-refractivity contribution is -0.142. The standard InChI is InChI=1S/C8H16O3Si/c1-10-8(9)6-5-7(6)11-12(2,3)4/h6-7H,5H2,1-4H3. The molecule has 0 amide bonds. The smallest absolute Gasteiger partial charge is 0.311 e. The van der Waals surface area contributed by atoms with Crippen molar-refractivity contribution in [3.8, 4) is 0 Å². The van der Waals surface area contributed by atoms with Gasteiger partial charge in [-0.05, 0) is 26.1 Å². The minimum absolute atomic E-state index is 0.0155. The highest BCUT2D eigenvalue weighted by Crippen LogP contribution is 2.36. The first kappa shape index (κ1) is 9.73. The lowest BCUT2D eigenvalue weighted by Crippen LogP contribution is -2.27. The van der Waals surface area contributed by atoms with Crippen molar-refractivity contribution in [2.24, 2.45) is 5.92 Å². The summed E-state index contributed by atoms with van der Waals surface area (Å²) in [7, 11) is -0.0431. The summed E-state index contributed by atoms with van der Waals surface area (Å²) in [5, 5.41) is 0. The predicted octanol–water partition coefficient (Wildman–Crippen LogP) is 1.40. The van der Waals surface area contributed by atoms with Crippen molar-refractivity contribution in [3.05, 3.63) is 0 Å². The monoisotopic (exact) mass is 188 g/mol. The molecule has 4 heteroatoms. The molecule has 0 N–H and O–H groups in total. The minimum Gasteiger partial charge on any atom is -0.469 e. The van der Waals surface area contributed by atoms with E-state index in [1.807, 2.05) is 0 Å². The van der Waals surface area contributed by atoms with Crippen LogP contribution in [0.1, 0.15) is 6.42 Å². The van der Waals surface area contributed by atoms with E-state index < -0.39 is 8.32 Å². The fourth-order valence-electron chi connectivity index (χ4n) is 1.16. The van der Waals surface area contributed by atoms with E-state index in [0.29, 0.717) is 0 Å². The van der Waals surface area contributed by atoms with Crippen molar-refractivity contribution in [3.63, 3.8) is 0 Å². The van der Waals surface area contributed by atoms with Crippen LogP contribution in [0.15, 0.2) is 0 Å². The molecule has 0 aromatic heterocycles. The molecule has 3 nitrogen and oxygen atoms in total. The molecule has 0 aromatic carbocycles. The lowest BCUT2D eigenvalue weighted by atomic mass is 10.4. The second-order valence-electron chi connectivity index (χ2n) is 4.13. The first-order valence-electron chi connectivity index (χ1n) is 4.19. The Morgan fingerprint density at radius 2 is 2.00 bits per heavy atom. The molecule has 1 saturated carbocycles. The van der Waals surface area contributed by atoms with E-state index in [9.17, 15) is 4.79 Å². The maximum Gasteiger partial charge on any atom is 0.311 e. The number of esters is 1. The summed E-state index contributed by atoms with van der Waals surface area (Å²) in [5.74, 6) is -0.111. The van der Waals surface area contributed by atoms with Crippen LogP contribution in [0.2, 0.25) is 19.6 Å². The van der Waals surface area contributed by atoms with Gasteiger partial charge in [0, 0.05) is 0 Å². The summed E-state index contributed by atoms with van der Waals surface area (Å²) < 4.78 is 10.3. The molecular weight excluding hydrogens is 172 g/mol. The average Bonchev–Trinajstić information content (AvgIpc) is 2.62. The number of hydrogen-bond acceptors (Lipinski definition) is 3. The van der Waals surface area contributed by atoms with Crippen LogP contribution in [0.4, 0.5) is 0 Å². The molecule has 2 atom stereocenters. The van der Waals surface area contributed by atoms with E-state index in [-0.39, 0.29) is 18.0 Å². The first-order chi connectivity index (χ1) is 5.44. The zero-order valence-electron chi connectivity index (χ0n) is 8.09. The third-order valence-corrected chi connectivity index (χ3v) is 2.75. The fraction of sp³-hybridized carbons (Fsp3) is 0.875. The van der Waals surface area contributed by atoms with Gasteiger partial charge in [0.2, 0.25) is 0 Å².